The summed E-state index contributed by atoms with van der Waals surface area (Å²) in [5, 5.41) is 15.5. The van der Waals surface area contributed by atoms with Gasteiger partial charge in [-0.3, -0.25) is 14.9 Å². The summed E-state index contributed by atoms with van der Waals surface area (Å²) in [5.41, 5.74) is 1.27. The van der Waals surface area contributed by atoms with Crippen LogP contribution in [0.25, 0.3) is 0 Å². The summed E-state index contributed by atoms with van der Waals surface area (Å²) in [5.74, 6) is 0.290. The number of ether oxygens (including phenoxy) is 1. The van der Waals surface area contributed by atoms with Gasteiger partial charge in [0.2, 0.25) is 0 Å². The Balaban J connectivity index is 1.79. The van der Waals surface area contributed by atoms with Gasteiger partial charge in [0.1, 0.15) is 5.75 Å². The standard InChI is InChI=1S/C19H16IN3O4S/c1-12-19(28-17-6-4-3-5-16(17)23(25)26)13(2)22(21-12)18(24)11-27-15-9-7-14(20)8-10-15/h3-10H,11H2,1-2H3. The molecule has 3 rings (SSSR count). The van der Waals surface area contributed by atoms with Gasteiger partial charge in [-0.1, -0.05) is 23.9 Å². The molecule has 0 unspecified atom stereocenters. The van der Waals surface area contributed by atoms with Crippen LogP contribution in [0.3, 0.4) is 0 Å². The van der Waals surface area contributed by atoms with Crippen LogP contribution in [0, 0.1) is 27.5 Å². The van der Waals surface area contributed by atoms with Crippen LogP contribution in [0.1, 0.15) is 16.2 Å². The number of nitro benzene ring substituents is 1. The van der Waals surface area contributed by atoms with E-state index in [9.17, 15) is 14.9 Å². The number of aryl methyl sites for hydroxylation is 1. The van der Waals surface area contributed by atoms with Gasteiger partial charge in [0.25, 0.3) is 11.6 Å². The smallest absolute Gasteiger partial charge is 0.285 e. The average Bonchev–Trinajstić information content (AvgIpc) is 2.96. The van der Waals surface area contributed by atoms with Gasteiger partial charge in [-0.05, 0) is 66.8 Å². The minimum atomic E-state index is -0.419. The summed E-state index contributed by atoms with van der Waals surface area (Å²) in [6, 6.07) is 13.9. The van der Waals surface area contributed by atoms with Crippen LogP contribution in [0.5, 0.6) is 5.75 Å². The highest BCUT2D eigenvalue weighted by molar-refractivity contribution is 14.1. The van der Waals surface area contributed by atoms with Crippen LogP contribution >= 0.6 is 34.4 Å². The first-order valence-electron chi connectivity index (χ1n) is 8.26. The summed E-state index contributed by atoms with van der Waals surface area (Å²) in [6.07, 6.45) is 0. The van der Waals surface area contributed by atoms with Crippen molar-refractivity contribution >= 4 is 45.9 Å². The first kappa shape index (κ1) is 20.3. The second-order valence-corrected chi connectivity index (χ2v) is 8.17. The van der Waals surface area contributed by atoms with Crippen molar-refractivity contribution in [3.63, 3.8) is 0 Å². The van der Waals surface area contributed by atoms with Gasteiger partial charge < -0.3 is 4.74 Å². The van der Waals surface area contributed by atoms with E-state index in [0.717, 1.165) is 8.47 Å². The number of para-hydroxylation sites is 1. The fourth-order valence-electron chi connectivity index (χ4n) is 2.56. The van der Waals surface area contributed by atoms with Crippen molar-refractivity contribution in [3.05, 3.63) is 73.6 Å². The minimum absolute atomic E-state index is 0.0208. The normalized spacial score (nSPS) is 10.7. The van der Waals surface area contributed by atoms with E-state index < -0.39 is 4.92 Å². The summed E-state index contributed by atoms with van der Waals surface area (Å²) >= 11 is 3.42. The van der Waals surface area contributed by atoms with Gasteiger partial charge in [0.05, 0.1) is 26.1 Å². The van der Waals surface area contributed by atoms with Gasteiger partial charge >= 0.3 is 0 Å². The molecular formula is C19H16IN3O4S. The number of nitro groups is 1. The van der Waals surface area contributed by atoms with Crippen molar-refractivity contribution in [2.24, 2.45) is 0 Å². The van der Waals surface area contributed by atoms with Crippen LogP contribution in [-0.4, -0.2) is 27.2 Å². The Morgan fingerprint density at radius 3 is 2.57 bits per heavy atom. The molecule has 0 saturated carbocycles. The summed E-state index contributed by atoms with van der Waals surface area (Å²) in [4.78, 5) is 24.6. The van der Waals surface area contributed by atoms with E-state index in [-0.39, 0.29) is 18.2 Å². The quantitative estimate of drug-likeness (QED) is 0.268. The second-order valence-electron chi connectivity index (χ2n) is 5.87. The van der Waals surface area contributed by atoms with E-state index in [4.69, 9.17) is 4.74 Å². The van der Waals surface area contributed by atoms with E-state index in [1.165, 1.54) is 22.5 Å². The Hall–Kier alpha value is -2.40. The number of halogens is 1. The molecule has 144 valence electrons. The van der Waals surface area contributed by atoms with Crippen LogP contribution in [0.4, 0.5) is 5.69 Å². The molecule has 0 spiro atoms. The molecule has 0 fully saturated rings. The first-order chi connectivity index (χ1) is 13.4. The number of benzene rings is 2. The van der Waals surface area contributed by atoms with Gasteiger partial charge in [-0.25, -0.2) is 4.68 Å². The second kappa shape index (κ2) is 8.74. The Morgan fingerprint density at radius 1 is 1.21 bits per heavy atom. The highest BCUT2D eigenvalue weighted by Crippen LogP contribution is 2.37. The van der Waals surface area contributed by atoms with E-state index in [0.29, 0.717) is 22.0 Å². The number of rotatable bonds is 6. The lowest BCUT2D eigenvalue weighted by atomic mass is 10.3. The third-order valence-corrected chi connectivity index (χ3v) is 5.99. The van der Waals surface area contributed by atoms with E-state index >= 15 is 0 Å². The molecule has 3 aromatic rings. The minimum Gasteiger partial charge on any atom is -0.484 e. The largest absolute Gasteiger partial charge is 0.484 e. The predicted octanol–water partition coefficient (Wildman–Crippen LogP) is 4.88. The number of hydrogen-bond acceptors (Lipinski definition) is 6. The Labute approximate surface area is 179 Å². The zero-order chi connectivity index (χ0) is 20.3. The molecule has 1 heterocycles. The number of hydrogen-bond donors (Lipinski definition) is 0. The zero-order valence-electron chi connectivity index (χ0n) is 15.1. The first-order valence-corrected chi connectivity index (χ1v) is 10.2. The Morgan fingerprint density at radius 2 is 1.89 bits per heavy atom. The molecule has 0 aliphatic rings. The Kier molecular flexibility index (Phi) is 6.35. The molecule has 0 aliphatic heterocycles. The number of carbonyl (C=O) groups excluding carboxylic acids is 1. The maximum Gasteiger partial charge on any atom is 0.285 e. The lowest BCUT2D eigenvalue weighted by molar-refractivity contribution is -0.387. The molecule has 7 nitrogen and oxygen atoms in total. The molecule has 0 N–H and O–H groups in total. The van der Waals surface area contributed by atoms with Gasteiger partial charge in [0, 0.05) is 9.64 Å². The number of nitrogens with zero attached hydrogens (tertiary/aromatic N) is 3. The van der Waals surface area contributed by atoms with Crippen LogP contribution < -0.4 is 4.74 Å². The van der Waals surface area contributed by atoms with E-state index in [1.807, 2.05) is 12.1 Å². The third-order valence-electron chi connectivity index (χ3n) is 3.91. The number of aromatic nitrogens is 2. The van der Waals surface area contributed by atoms with Crippen LogP contribution in [0.2, 0.25) is 0 Å². The van der Waals surface area contributed by atoms with E-state index in [1.54, 1.807) is 44.2 Å². The van der Waals surface area contributed by atoms with Gasteiger partial charge in [-0.15, -0.1) is 0 Å². The van der Waals surface area contributed by atoms with Crippen molar-refractivity contribution < 1.29 is 14.5 Å². The van der Waals surface area contributed by atoms with Crippen molar-refractivity contribution in [3.8, 4) is 5.75 Å². The topological polar surface area (TPSA) is 87.3 Å². The molecule has 0 radical (unpaired) electrons. The van der Waals surface area contributed by atoms with Crippen molar-refractivity contribution in [2.75, 3.05) is 6.61 Å². The molecule has 0 atom stereocenters. The highest BCUT2D eigenvalue weighted by Gasteiger charge is 2.21. The maximum atomic E-state index is 12.6. The highest BCUT2D eigenvalue weighted by atomic mass is 127. The number of carbonyl (C=O) groups is 1. The molecule has 28 heavy (non-hydrogen) atoms. The summed E-state index contributed by atoms with van der Waals surface area (Å²) in [7, 11) is 0. The fraction of sp³-hybridized carbons (Fsp3) is 0.158. The molecule has 0 aliphatic carbocycles. The van der Waals surface area contributed by atoms with Crippen molar-refractivity contribution in [1.29, 1.82) is 0 Å². The fourth-order valence-corrected chi connectivity index (χ4v) is 3.96. The third kappa shape index (κ3) is 4.53. The van der Waals surface area contributed by atoms with Crippen LogP contribution in [0.15, 0.2) is 58.3 Å². The summed E-state index contributed by atoms with van der Waals surface area (Å²) in [6.45, 7) is 3.38. The van der Waals surface area contributed by atoms with Gasteiger partial charge in [-0.2, -0.15) is 5.10 Å². The van der Waals surface area contributed by atoms with Gasteiger partial charge in [0.15, 0.2) is 6.61 Å². The molecule has 9 heteroatoms. The average molecular weight is 509 g/mol. The van der Waals surface area contributed by atoms with E-state index in [2.05, 4.69) is 27.7 Å². The summed E-state index contributed by atoms with van der Waals surface area (Å²) < 4.78 is 7.91. The lowest BCUT2D eigenvalue weighted by Crippen LogP contribution is -2.21. The molecule has 0 bridgehead atoms. The van der Waals surface area contributed by atoms with Crippen LogP contribution in [-0.2, 0) is 0 Å². The molecule has 0 amide bonds. The zero-order valence-corrected chi connectivity index (χ0v) is 18.1. The Bertz CT molecular complexity index is 1030. The predicted molar refractivity (Wildman–Crippen MR) is 114 cm³/mol. The SMILES string of the molecule is Cc1nn(C(=O)COc2ccc(I)cc2)c(C)c1Sc1ccccc1[N+](=O)[O-]. The van der Waals surface area contributed by atoms with Crippen molar-refractivity contribution in [1.82, 2.24) is 9.78 Å². The lowest BCUT2D eigenvalue weighted by Gasteiger charge is -2.07. The monoisotopic (exact) mass is 509 g/mol. The maximum absolute atomic E-state index is 12.6. The molecular weight excluding hydrogens is 493 g/mol. The van der Waals surface area contributed by atoms with Crippen molar-refractivity contribution in [2.45, 2.75) is 23.6 Å². The molecule has 2 aromatic carbocycles. The molecule has 1 aromatic heterocycles. The molecule has 0 saturated heterocycles.